The van der Waals surface area contributed by atoms with E-state index in [9.17, 15) is 4.79 Å². The van der Waals surface area contributed by atoms with Crippen molar-refractivity contribution >= 4 is 5.91 Å². The summed E-state index contributed by atoms with van der Waals surface area (Å²) in [5.74, 6) is 1.82. The summed E-state index contributed by atoms with van der Waals surface area (Å²) in [7, 11) is 0. The second-order valence-electron chi connectivity index (χ2n) is 5.89. The minimum Gasteiger partial charge on any atom is -0.342 e. The number of likely N-dealkylation sites (tertiary alicyclic amines) is 1. The molecule has 0 radical (unpaired) electrons. The van der Waals surface area contributed by atoms with E-state index in [0.717, 1.165) is 19.5 Å². The van der Waals surface area contributed by atoms with Crippen LogP contribution in [0.5, 0.6) is 0 Å². The van der Waals surface area contributed by atoms with Crippen LogP contribution in [0.25, 0.3) is 0 Å². The van der Waals surface area contributed by atoms with Crippen LogP contribution in [0.15, 0.2) is 30.3 Å². The zero-order valence-corrected chi connectivity index (χ0v) is 11.0. The van der Waals surface area contributed by atoms with Crippen molar-refractivity contribution in [1.82, 2.24) is 4.90 Å². The van der Waals surface area contributed by atoms with E-state index in [1.807, 2.05) is 6.07 Å². The van der Waals surface area contributed by atoms with Gasteiger partial charge in [-0.15, -0.1) is 0 Å². The van der Waals surface area contributed by atoms with E-state index in [1.54, 1.807) is 0 Å². The van der Waals surface area contributed by atoms with E-state index in [2.05, 4.69) is 36.1 Å². The molecule has 3 rings (SSSR count). The molecule has 0 N–H and O–H groups in total. The largest absolute Gasteiger partial charge is 0.342 e. The van der Waals surface area contributed by atoms with Crippen LogP contribution in [0.3, 0.4) is 0 Å². The molecule has 18 heavy (non-hydrogen) atoms. The molecule has 2 aliphatic rings. The highest BCUT2D eigenvalue weighted by Crippen LogP contribution is 2.48. The zero-order chi connectivity index (χ0) is 12.5. The molecule has 2 fully saturated rings. The van der Waals surface area contributed by atoms with Gasteiger partial charge < -0.3 is 4.90 Å². The average molecular weight is 243 g/mol. The van der Waals surface area contributed by atoms with E-state index in [-0.39, 0.29) is 5.92 Å². The maximum atomic E-state index is 12.4. The van der Waals surface area contributed by atoms with Crippen LogP contribution in [-0.4, -0.2) is 23.9 Å². The quantitative estimate of drug-likeness (QED) is 0.782. The molecule has 0 unspecified atom stereocenters. The Morgan fingerprint density at radius 2 is 2.06 bits per heavy atom. The Bertz CT molecular complexity index is 428. The van der Waals surface area contributed by atoms with Gasteiger partial charge in [-0.3, -0.25) is 4.79 Å². The van der Waals surface area contributed by atoms with Crippen LogP contribution >= 0.6 is 0 Å². The molecule has 0 spiro atoms. The Kier molecular flexibility index (Phi) is 3.11. The van der Waals surface area contributed by atoms with E-state index in [4.69, 9.17) is 0 Å². The SMILES string of the molecule is C[C@@H]1CCCN(C(=O)[C@@H]2C[C@@H]2c2ccccc2)C1. The van der Waals surface area contributed by atoms with Crippen molar-refractivity contribution in [3.05, 3.63) is 35.9 Å². The Morgan fingerprint density at radius 1 is 1.28 bits per heavy atom. The molecule has 1 heterocycles. The van der Waals surface area contributed by atoms with Crippen LogP contribution < -0.4 is 0 Å². The Labute approximate surface area is 109 Å². The first-order valence-electron chi connectivity index (χ1n) is 7.09. The molecule has 1 aromatic carbocycles. The maximum Gasteiger partial charge on any atom is 0.226 e. The molecule has 2 nitrogen and oxygen atoms in total. The Hall–Kier alpha value is -1.31. The van der Waals surface area contributed by atoms with Gasteiger partial charge in [-0.1, -0.05) is 37.3 Å². The average Bonchev–Trinajstić information content (AvgIpc) is 3.19. The van der Waals surface area contributed by atoms with Crippen LogP contribution in [0, 0.1) is 11.8 Å². The number of hydrogen-bond donors (Lipinski definition) is 0. The first kappa shape index (κ1) is 11.8. The lowest BCUT2D eigenvalue weighted by Crippen LogP contribution is -2.40. The van der Waals surface area contributed by atoms with Crippen molar-refractivity contribution in [2.24, 2.45) is 11.8 Å². The number of amides is 1. The fourth-order valence-corrected chi connectivity index (χ4v) is 3.16. The third-order valence-electron chi connectivity index (χ3n) is 4.30. The first-order valence-corrected chi connectivity index (χ1v) is 7.09. The summed E-state index contributed by atoms with van der Waals surface area (Å²) < 4.78 is 0. The van der Waals surface area contributed by atoms with Gasteiger partial charge in [0, 0.05) is 19.0 Å². The molecular weight excluding hydrogens is 222 g/mol. The van der Waals surface area contributed by atoms with E-state index in [0.29, 0.717) is 17.7 Å². The second-order valence-corrected chi connectivity index (χ2v) is 5.89. The summed E-state index contributed by atoms with van der Waals surface area (Å²) in [6.07, 6.45) is 3.50. The molecular formula is C16H21NO. The molecule has 2 heteroatoms. The third-order valence-corrected chi connectivity index (χ3v) is 4.30. The van der Waals surface area contributed by atoms with E-state index < -0.39 is 0 Å². The molecule has 1 saturated carbocycles. The summed E-state index contributed by atoms with van der Waals surface area (Å²) in [5, 5.41) is 0. The number of piperidine rings is 1. The van der Waals surface area contributed by atoms with Crippen molar-refractivity contribution in [1.29, 1.82) is 0 Å². The summed E-state index contributed by atoms with van der Waals surface area (Å²) in [4.78, 5) is 14.5. The highest BCUT2D eigenvalue weighted by molar-refractivity contribution is 5.83. The molecule has 1 aliphatic carbocycles. The molecule has 0 bridgehead atoms. The number of rotatable bonds is 2. The molecule has 1 saturated heterocycles. The topological polar surface area (TPSA) is 20.3 Å². The second kappa shape index (κ2) is 4.75. The van der Waals surface area contributed by atoms with Crippen molar-refractivity contribution < 1.29 is 4.79 Å². The highest BCUT2D eigenvalue weighted by Gasteiger charge is 2.45. The number of hydrogen-bond acceptors (Lipinski definition) is 1. The van der Waals surface area contributed by atoms with E-state index >= 15 is 0 Å². The van der Waals surface area contributed by atoms with Gasteiger partial charge in [0.05, 0.1) is 0 Å². The monoisotopic (exact) mass is 243 g/mol. The van der Waals surface area contributed by atoms with Gasteiger partial charge >= 0.3 is 0 Å². The predicted molar refractivity (Wildman–Crippen MR) is 72.3 cm³/mol. The van der Waals surface area contributed by atoms with Crippen molar-refractivity contribution in [2.45, 2.75) is 32.1 Å². The van der Waals surface area contributed by atoms with Crippen molar-refractivity contribution in [2.75, 3.05) is 13.1 Å². The fraction of sp³-hybridized carbons (Fsp3) is 0.562. The van der Waals surface area contributed by atoms with Gasteiger partial charge in [0.25, 0.3) is 0 Å². The summed E-state index contributed by atoms with van der Waals surface area (Å²) in [6, 6.07) is 10.5. The minimum atomic E-state index is 0.262. The summed E-state index contributed by atoms with van der Waals surface area (Å²) in [6.45, 7) is 4.19. The van der Waals surface area contributed by atoms with Gasteiger partial charge in [-0.05, 0) is 36.7 Å². The molecule has 3 atom stereocenters. The molecule has 1 amide bonds. The van der Waals surface area contributed by atoms with Crippen LogP contribution in [0.4, 0.5) is 0 Å². The van der Waals surface area contributed by atoms with Crippen molar-refractivity contribution in [3.8, 4) is 0 Å². The number of benzene rings is 1. The van der Waals surface area contributed by atoms with Crippen LogP contribution in [0.2, 0.25) is 0 Å². The first-order chi connectivity index (χ1) is 8.75. The lowest BCUT2D eigenvalue weighted by atomic mass is 9.99. The minimum absolute atomic E-state index is 0.262. The predicted octanol–water partition coefficient (Wildman–Crippen LogP) is 3.05. The lowest BCUT2D eigenvalue weighted by molar-refractivity contribution is -0.134. The van der Waals surface area contributed by atoms with Gasteiger partial charge in [0.15, 0.2) is 0 Å². The number of carbonyl (C=O) groups excluding carboxylic acids is 1. The normalized spacial score (nSPS) is 31.2. The van der Waals surface area contributed by atoms with Gasteiger partial charge in [0.1, 0.15) is 0 Å². The van der Waals surface area contributed by atoms with Crippen LogP contribution in [-0.2, 0) is 4.79 Å². The molecule has 0 aromatic heterocycles. The Morgan fingerprint density at radius 3 is 2.78 bits per heavy atom. The van der Waals surface area contributed by atoms with E-state index in [1.165, 1.54) is 18.4 Å². The van der Waals surface area contributed by atoms with Crippen molar-refractivity contribution in [3.63, 3.8) is 0 Å². The lowest BCUT2D eigenvalue weighted by Gasteiger charge is -2.31. The molecule has 1 aliphatic heterocycles. The summed E-state index contributed by atoms with van der Waals surface area (Å²) >= 11 is 0. The third kappa shape index (κ3) is 2.29. The van der Waals surface area contributed by atoms with Gasteiger partial charge in [-0.25, -0.2) is 0 Å². The number of carbonyl (C=O) groups is 1. The molecule has 96 valence electrons. The van der Waals surface area contributed by atoms with Crippen LogP contribution in [0.1, 0.15) is 37.7 Å². The Balaban J connectivity index is 1.62. The maximum absolute atomic E-state index is 12.4. The standard InChI is InChI=1S/C16H21NO/c1-12-6-5-9-17(11-12)16(18)15-10-14(15)13-7-3-2-4-8-13/h2-4,7-8,12,14-15H,5-6,9-11H2,1H3/t12-,14-,15-/m1/s1. The molecule has 1 aromatic rings. The fourth-order valence-electron chi connectivity index (χ4n) is 3.16. The smallest absolute Gasteiger partial charge is 0.226 e. The highest BCUT2D eigenvalue weighted by atomic mass is 16.2. The van der Waals surface area contributed by atoms with Gasteiger partial charge in [-0.2, -0.15) is 0 Å². The number of nitrogens with zero attached hydrogens (tertiary/aromatic N) is 1. The van der Waals surface area contributed by atoms with Gasteiger partial charge in [0.2, 0.25) is 5.91 Å². The summed E-state index contributed by atoms with van der Waals surface area (Å²) in [5.41, 5.74) is 1.33. The zero-order valence-electron chi connectivity index (χ0n) is 11.0.